The van der Waals surface area contributed by atoms with E-state index < -0.39 is 42.4 Å². The maximum Gasteiger partial charge on any atom is 0.414 e. The number of nitrogens with one attached hydrogen (secondary N) is 2. The molecule has 212 valence electrons. The second-order valence-corrected chi connectivity index (χ2v) is 9.42. The number of nitrogens with zero attached hydrogens (tertiary/aromatic N) is 2. The average Bonchev–Trinajstić information content (AvgIpc) is 3.01. The third kappa shape index (κ3) is 6.82. The number of aromatic hydroxyl groups is 1. The Bertz CT molecular complexity index is 1320. The van der Waals surface area contributed by atoms with Crippen molar-refractivity contribution in [3.8, 4) is 5.75 Å². The molecule has 1 aliphatic heterocycles. The van der Waals surface area contributed by atoms with Gasteiger partial charge in [-0.2, -0.15) is 0 Å². The van der Waals surface area contributed by atoms with Crippen molar-refractivity contribution in [3.63, 3.8) is 0 Å². The van der Waals surface area contributed by atoms with Gasteiger partial charge in [-0.1, -0.05) is 12.1 Å². The molecule has 3 N–H and O–H groups in total. The number of rotatable bonds is 9. The summed E-state index contributed by atoms with van der Waals surface area (Å²) in [5.41, 5.74) is 1.59. The van der Waals surface area contributed by atoms with Crippen molar-refractivity contribution in [2.75, 3.05) is 29.5 Å². The number of para-hydroxylation sites is 2. The number of anilines is 2. The molecule has 0 aliphatic carbocycles. The van der Waals surface area contributed by atoms with Gasteiger partial charge in [-0.05, 0) is 63.1 Å². The van der Waals surface area contributed by atoms with Gasteiger partial charge in [0.15, 0.2) is 0 Å². The number of benzene rings is 2. The van der Waals surface area contributed by atoms with Crippen LogP contribution in [-0.4, -0.2) is 72.8 Å². The Morgan fingerprint density at radius 1 is 1.12 bits per heavy atom. The van der Waals surface area contributed by atoms with Crippen LogP contribution < -0.4 is 20.4 Å². The molecule has 0 saturated heterocycles. The molecule has 12 heteroatoms. The minimum atomic E-state index is -1.30. The molecule has 1 heterocycles. The van der Waals surface area contributed by atoms with Crippen molar-refractivity contribution in [2.45, 2.75) is 46.2 Å². The van der Waals surface area contributed by atoms with Gasteiger partial charge in [-0.15, -0.1) is 0 Å². The summed E-state index contributed by atoms with van der Waals surface area (Å²) in [6.07, 6.45) is -0.530. The monoisotopic (exact) mass is 552 g/mol. The number of Topliss-reactive ketones (excluding diaryl/α,β-unsaturated/α-hetero) is 1. The van der Waals surface area contributed by atoms with Crippen LogP contribution in [0.15, 0.2) is 36.4 Å². The third-order valence-corrected chi connectivity index (χ3v) is 6.26. The highest BCUT2D eigenvalue weighted by atomic mass is 16.6. The largest absolute Gasteiger partial charge is 0.507 e. The first-order chi connectivity index (χ1) is 19.0. The number of hydrogen-bond acceptors (Lipinski definition) is 8. The third-order valence-electron chi connectivity index (χ3n) is 6.26. The van der Waals surface area contributed by atoms with E-state index in [0.29, 0.717) is 17.4 Å². The molecule has 0 unspecified atom stereocenters. The summed E-state index contributed by atoms with van der Waals surface area (Å²) in [4.78, 5) is 78.1. The molecular formula is C28H32N4O8. The molecule has 0 fully saturated rings. The van der Waals surface area contributed by atoms with Crippen LogP contribution in [0.3, 0.4) is 0 Å². The van der Waals surface area contributed by atoms with E-state index in [4.69, 9.17) is 4.74 Å². The van der Waals surface area contributed by atoms with Gasteiger partial charge >= 0.3 is 6.09 Å². The second-order valence-electron chi connectivity index (χ2n) is 9.42. The lowest BCUT2D eigenvalue weighted by molar-refractivity contribution is -0.126. The van der Waals surface area contributed by atoms with Crippen LogP contribution in [0.5, 0.6) is 5.75 Å². The number of amides is 4. The van der Waals surface area contributed by atoms with Gasteiger partial charge in [0.2, 0.25) is 5.91 Å². The topological polar surface area (TPSA) is 162 Å². The molecule has 0 bridgehead atoms. The van der Waals surface area contributed by atoms with Crippen LogP contribution in [0.25, 0.3) is 0 Å². The molecule has 2 aromatic rings. The zero-order valence-corrected chi connectivity index (χ0v) is 22.7. The van der Waals surface area contributed by atoms with Crippen LogP contribution in [0, 0.1) is 13.8 Å². The first kappa shape index (κ1) is 29.8. The fourth-order valence-electron chi connectivity index (χ4n) is 4.40. The number of carbonyl (C=O) groups excluding carboxylic acids is 6. The number of carbonyl (C=O) groups is 6. The Morgan fingerprint density at radius 2 is 1.75 bits per heavy atom. The Labute approximate surface area is 231 Å². The second kappa shape index (κ2) is 12.9. The van der Waals surface area contributed by atoms with Gasteiger partial charge in [0.25, 0.3) is 11.8 Å². The quantitative estimate of drug-likeness (QED) is 0.397. The van der Waals surface area contributed by atoms with Crippen LogP contribution >= 0.6 is 0 Å². The van der Waals surface area contributed by atoms with Crippen molar-refractivity contribution in [1.29, 1.82) is 0 Å². The summed E-state index contributed by atoms with van der Waals surface area (Å²) >= 11 is 0. The summed E-state index contributed by atoms with van der Waals surface area (Å²) in [5.74, 6) is -2.31. The minimum absolute atomic E-state index is 0.0432. The lowest BCUT2D eigenvalue weighted by atomic mass is 10.0. The van der Waals surface area contributed by atoms with Crippen LogP contribution in [0.4, 0.5) is 16.2 Å². The molecule has 3 rings (SSSR count). The van der Waals surface area contributed by atoms with Gasteiger partial charge in [-0.3, -0.25) is 29.0 Å². The molecule has 0 aromatic heterocycles. The van der Waals surface area contributed by atoms with Gasteiger partial charge in [0.1, 0.15) is 30.4 Å². The maximum atomic E-state index is 13.8. The molecule has 12 nitrogen and oxygen atoms in total. The van der Waals surface area contributed by atoms with E-state index >= 15 is 0 Å². The summed E-state index contributed by atoms with van der Waals surface area (Å²) in [6, 6.07) is 6.93. The zero-order chi connectivity index (χ0) is 29.6. The van der Waals surface area contributed by atoms with Gasteiger partial charge in [0, 0.05) is 12.0 Å². The number of phenols is 1. The molecule has 0 saturated carbocycles. The van der Waals surface area contributed by atoms with Crippen molar-refractivity contribution in [1.82, 2.24) is 10.6 Å². The van der Waals surface area contributed by atoms with E-state index in [2.05, 4.69) is 10.6 Å². The van der Waals surface area contributed by atoms with Crippen molar-refractivity contribution in [2.24, 2.45) is 0 Å². The molecule has 1 aliphatic rings. The number of ether oxygens (including phenoxy) is 1. The van der Waals surface area contributed by atoms with E-state index in [0.717, 1.165) is 4.90 Å². The highest BCUT2D eigenvalue weighted by Crippen LogP contribution is 2.33. The van der Waals surface area contributed by atoms with E-state index in [-0.39, 0.29) is 48.0 Å². The number of aryl methyl sites for hydroxylation is 2. The van der Waals surface area contributed by atoms with E-state index in [1.165, 1.54) is 30.0 Å². The lowest BCUT2D eigenvalue weighted by Crippen LogP contribution is -2.54. The number of fused-ring (bicyclic) bond motifs is 1. The normalized spacial score (nSPS) is 15.4. The first-order valence-corrected chi connectivity index (χ1v) is 12.7. The van der Waals surface area contributed by atoms with E-state index in [1.807, 2.05) is 0 Å². The molecule has 4 amide bonds. The number of hydrogen-bond donors (Lipinski definition) is 3. The Hall–Kier alpha value is -4.74. The molecule has 2 aromatic carbocycles. The van der Waals surface area contributed by atoms with Crippen molar-refractivity contribution in [3.05, 3.63) is 53.1 Å². The number of ketones is 1. The van der Waals surface area contributed by atoms with E-state index in [1.54, 1.807) is 39.0 Å². The predicted molar refractivity (Wildman–Crippen MR) is 145 cm³/mol. The number of phenolic OH excluding ortho intramolecular Hbond substituents is 1. The fraction of sp³-hybridized carbons (Fsp3) is 0.357. The smallest absolute Gasteiger partial charge is 0.414 e. The molecular weight excluding hydrogens is 520 g/mol. The van der Waals surface area contributed by atoms with E-state index in [9.17, 15) is 33.9 Å². The van der Waals surface area contributed by atoms with Crippen molar-refractivity contribution >= 4 is 47.3 Å². The maximum absolute atomic E-state index is 13.8. The standard InChI is InChI=1S/C28H32N4O8/c1-5-40-28(39)32-13-21(30-26(37)19-10-16(2)25(36)17(3)11-19)27(38)31(22-8-6-7-9-23(22)32)14-24(35)29-20(15-33)12-18(4)34/h6-11,15,20-21,36H,5,12-14H2,1-4H3,(H,29,35)(H,30,37)/t20-,21-/m0/s1. The van der Waals surface area contributed by atoms with Crippen molar-refractivity contribution < 1.29 is 38.6 Å². The fourth-order valence-corrected chi connectivity index (χ4v) is 4.40. The number of aldehydes is 1. The Morgan fingerprint density at radius 3 is 2.33 bits per heavy atom. The highest BCUT2D eigenvalue weighted by molar-refractivity contribution is 6.10. The van der Waals surface area contributed by atoms with Crippen LogP contribution in [0.1, 0.15) is 41.8 Å². The minimum Gasteiger partial charge on any atom is -0.507 e. The predicted octanol–water partition coefficient (Wildman–Crippen LogP) is 1.78. The first-order valence-electron chi connectivity index (χ1n) is 12.7. The summed E-state index contributed by atoms with van der Waals surface area (Å²) in [6.45, 7) is 5.38. The molecule has 0 spiro atoms. The summed E-state index contributed by atoms with van der Waals surface area (Å²) < 4.78 is 5.20. The average molecular weight is 553 g/mol. The van der Waals surface area contributed by atoms with Crippen LogP contribution in [0.2, 0.25) is 0 Å². The SMILES string of the molecule is CCOC(=O)N1C[C@H](NC(=O)c2cc(C)c(O)c(C)c2)C(=O)N(CC(=O)N[C@H](C=O)CC(C)=O)c2ccccc21. The van der Waals surface area contributed by atoms with Crippen LogP contribution in [-0.2, 0) is 23.9 Å². The summed E-state index contributed by atoms with van der Waals surface area (Å²) in [5, 5.41) is 15.2. The summed E-state index contributed by atoms with van der Waals surface area (Å²) in [7, 11) is 0. The lowest BCUT2D eigenvalue weighted by Gasteiger charge is -2.25. The Balaban J connectivity index is 2.00. The molecule has 40 heavy (non-hydrogen) atoms. The molecule has 0 radical (unpaired) electrons. The van der Waals surface area contributed by atoms with Gasteiger partial charge < -0.3 is 25.3 Å². The van der Waals surface area contributed by atoms with Gasteiger partial charge in [0.05, 0.1) is 30.6 Å². The highest BCUT2D eigenvalue weighted by Gasteiger charge is 2.38. The zero-order valence-electron chi connectivity index (χ0n) is 22.7. The molecule has 2 atom stereocenters. The Kier molecular flexibility index (Phi) is 9.59. The van der Waals surface area contributed by atoms with Gasteiger partial charge in [-0.25, -0.2) is 4.79 Å².